The summed E-state index contributed by atoms with van der Waals surface area (Å²) in [6.45, 7) is 2.53. The predicted octanol–water partition coefficient (Wildman–Crippen LogP) is 1.59. The second-order valence-corrected chi connectivity index (χ2v) is 5.09. The summed E-state index contributed by atoms with van der Waals surface area (Å²) in [4.78, 5) is 14.3. The molecule has 20 heavy (non-hydrogen) atoms. The molecule has 1 saturated heterocycles. The number of nitrogens with zero attached hydrogens (tertiary/aromatic N) is 1. The first kappa shape index (κ1) is 14.8. The third-order valence-corrected chi connectivity index (χ3v) is 3.61. The summed E-state index contributed by atoms with van der Waals surface area (Å²) < 4.78 is 5.12. The molecule has 5 heteroatoms. The van der Waals surface area contributed by atoms with Crippen LogP contribution in [0.2, 0.25) is 0 Å². The average Bonchev–Trinajstić information content (AvgIpc) is 2.99. The normalized spacial score (nSPS) is 16.2. The summed E-state index contributed by atoms with van der Waals surface area (Å²) in [5.41, 5.74) is 7.51. The van der Waals surface area contributed by atoms with Gasteiger partial charge in [-0.15, -0.1) is 0 Å². The smallest absolute Gasteiger partial charge is 0.227 e. The molecule has 0 bridgehead atoms. The van der Waals surface area contributed by atoms with Crippen molar-refractivity contribution in [3.05, 3.63) is 24.3 Å². The Kier molecular flexibility index (Phi) is 5.38. The van der Waals surface area contributed by atoms with E-state index in [0.29, 0.717) is 6.54 Å². The first-order valence-electron chi connectivity index (χ1n) is 7.10. The highest BCUT2D eigenvalue weighted by atomic mass is 16.5. The number of rotatable bonds is 6. The molecule has 1 unspecified atom stereocenters. The van der Waals surface area contributed by atoms with Gasteiger partial charge in [0.2, 0.25) is 5.91 Å². The molecule has 0 saturated carbocycles. The van der Waals surface area contributed by atoms with Crippen LogP contribution in [0.1, 0.15) is 19.3 Å². The van der Waals surface area contributed by atoms with Crippen LogP contribution in [-0.4, -0.2) is 38.8 Å². The predicted molar refractivity (Wildman–Crippen MR) is 81.0 cm³/mol. The summed E-state index contributed by atoms with van der Waals surface area (Å²) in [5.74, 6) is -0.0686. The Morgan fingerprint density at radius 2 is 2.20 bits per heavy atom. The van der Waals surface area contributed by atoms with Crippen molar-refractivity contribution in [1.82, 2.24) is 0 Å². The van der Waals surface area contributed by atoms with Gasteiger partial charge in [-0.05, 0) is 31.0 Å². The van der Waals surface area contributed by atoms with Crippen LogP contribution in [0.25, 0.3) is 0 Å². The standard InChI is InChI=1S/C15H23N3O2/c1-20-14(11-16)10-15(19)17-12-5-4-6-13(9-12)18-7-2-3-8-18/h4-6,9,14H,2-3,7-8,10-11,16H2,1H3,(H,17,19). The second kappa shape index (κ2) is 7.26. The maximum Gasteiger partial charge on any atom is 0.227 e. The van der Waals surface area contributed by atoms with Crippen molar-refractivity contribution >= 4 is 17.3 Å². The van der Waals surface area contributed by atoms with Crippen molar-refractivity contribution in [1.29, 1.82) is 0 Å². The Morgan fingerprint density at radius 1 is 1.45 bits per heavy atom. The molecule has 3 N–H and O–H groups in total. The molecule has 0 spiro atoms. The lowest BCUT2D eigenvalue weighted by atomic mass is 10.2. The fourth-order valence-electron chi connectivity index (χ4n) is 2.44. The Hall–Kier alpha value is -1.59. The highest BCUT2D eigenvalue weighted by Gasteiger charge is 2.14. The first-order chi connectivity index (χ1) is 9.72. The van der Waals surface area contributed by atoms with Crippen molar-refractivity contribution in [2.75, 3.05) is 37.0 Å². The maximum atomic E-state index is 11.9. The van der Waals surface area contributed by atoms with Gasteiger partial charge in [0.25, 0.3) is 0 Å². The Morgan fingerprint density at radius 3 is 2.85 bits per heavy atom. The van der Waals surface area contributed by atoms with Gasteiger partial charge in [0.15, 0.2) is 0 Å². The molecule has 0 radical (unpaired) electrons. The zero-order valence-electron chi connectivity index (χ0n) is 12.0. The number of nitrogens with one attached hydrogen (secondary N) is 1. The summed E-state index contributed by atoms with van der Waals surface area (Å²) in [6, 6.07) is 7.98. The van der Waals surface area contributed by atoms with Gasteiger partial charge in [-0.2, -0.15) is 0 Å². The van der Waals surface area contributed by atoms with E-state index in [1.807, 2.05) is 18.2 Å². The zero-order valence-corrected chi connectivity index (χ0v) is 12.0. The van der Waals surface area contributed by atoms with Crippen LogP contribution in [-0.2, 0) is 9.53 Å². The zero-order chi connectivity index (χ0) is 14.4. The molecule has 5 nitrogen and oxygen atoms in total. The molecule has 1 atom stereocenters. The summed E-state index contributed by atoms with van der Waals surface area (Å²) in [6.07, 6.45) is 2.53. The molecular weight excluding hydrogens is 254 g/mol. The van der Waals surface area contributed by atoms with Gasteiger partial charge in [-0.1, -0.05) is 6.07 Å². The molecule has 0 aliphatic carbocycles. The SMILES string of the molecule is COC(CN)CC(=O)Nc1cccc(N2CCCC2)c1. The van der Waals surface area contributed by atoms with Gasteiger partial charge >= 0.3 is 0 Å². The van der Waals surface area contributed by atoms with E-state index >= 15 is 0 Å². The van der Waals surface area contributed by atoms with Crippen molar-refractivity contribution in [3.8, 4) is 0 Å². The fourth-order valence-corrected chi connectivity index (χ4v) is 2.44. The highest BCUT2D eigenvalue weighted by Crippen LogP contribution is 2.23. The molecular formula is C15H23N3O2. The Labute approximate surface area is 120 Å². The summed E-state index contributed by atoms with van der Waals surface area (Å²) >= 11 is 0. The lowest BCUT2D eigenvalue weighted by Crippen LogP contribution is -2.28. The van der Waals surface area contributed by atoms with Crippen LogP contribution in [0.15, 0.2) is 24.3 Å². The number of carbonyl (C=O) groups is 1. The van der Waals surface area contributed by atoms with E-state index < -0.39 is 0 Å². The first-order valence-corrected chi connectivity index (χ1v) is 7.10. The van der Waals surface area contributed by atoms with Crippen LogP contribution in [0.3, 0.4) is 0 Å². The van der Waals surface area contributed by atoms with E-state index in [0.717, 1.165) is 18.8 Å². The van der Waals surface area contributed by atoms with Gasteiger partial charge in [-0.25, -0.2) is 0 Å². The van der Waals surface area contributed by atoms with Crippen molar-refractivity contribution in [3.63, 3.8) is 0 Å². The van der Waals surface area contributed by atoms with Crippen LogP contribution in [0.4, 0.5) is 11.4 Å². The number of ether oxygens (including phenoxy) is 1. The topological polar surface area (TPSA) is 67.6 Å². The van der Waals surface area contributed by atoms with E-state index in [2.05, 4.69) is 16.3 Å². The number of hydrogen-bond acceptors (Lipinski definition) is 4. The van der Waals surface area contributed by atoms with E-state index in [9.17, 15) is 4.79 Å². The Balaban J connectivity index is 1.95. The third-order valence-electron chi connectivity index (χ3n) is 3.61. The lowest BCUT2D eigenvalue weighted by Gasteiger charge is -2.19. The van der Waals surface area contributed by atoms with Gasteiger partial charge in [0.1, 0.15) is 0 Å². The molecule has 1 aliphatic rings. The molecule has 1 heterocycles. The maximum absolute atomic E-state index is 11.9. The molecule has 1 amide bonds. The van der Waals surface area contributed by atoms with E-state index in [4.69, 9.17) is 10.5 Å². The number of anilines is 2. The molecule has 1 aliphatic heterocycles. The number of benzene rings is 1. The van der Waals surface area contributed by atoms with Gasteiger partial charge in [0.05, 0.1) is 12.5 Å². The van der Waals surface area contributed by atoms with Gasteiger partial charge in [-0.3, -0.25) is 4.79 Å². The number of amides is 1. The monoisotopic (exact) mass is 277 g/mol. The quantitative estimate of drug-likeness (QED) is 0.828. The van der Waals surface area contributed by atoms with Gasteiger partial charge in [0, 0.05) is 38.1 Å². The minimum absolute atomic E-state index is 0.0686. The summed E-state index contributed by atoms with van der Waals surface area (Å²) in [5, 5.41) is 2.90. The van der Waals surface area contributed by atoms with Crippen molar-refractivity contribution in [2.45, 2.75) is 25.4 Å². The third kappa shape index (κ3) is 3.95. The summed E-state index contributed by atoms with van der Waals surface area (Å²) in [7, 11) is 1.57. The van der Waals surface area contributed by atoms with Crippen LogP contribution in [0.5, 0.6) is 0 Å². The largest absolute Gasteiger partial charge is 0.380 e. The van der Waals surface area contributed by atoms with Gasteiger partial charge < -0.3 is 20.7 Å². The number of carbonyl (C=O) groups excluding carboxylic acids is 1. The van der Waals surface area contributed by atoms with Crippen LogP contribution in [0, 0.1) is 0 Å². The molecule has 2 rings (SSSR count). The number of methoxy groups -OCH3 is 1. The number of nitrogens with two attached hydrogens (primary N) is 1. The molecule has 110 valence electrons. The average molecular weight is 277 g/mol. The Bertz CT molecular complexity index is 440. The second-order valence-electron chi connectivity index (χ2n) is 5.09. The van der Waals surface area contributed by atoms with E-state index in [1.54, 1.807) is 7.11 Å². The molecule has 1 aromatic carbocycles. The fraction of sp³-hybridized carbons (Fsp3) is 0.533. The molecule has 1 fully saturated rings. The minimum atomic E-state index is -0.225. The molecule has 0 aromatic heterocycles. The lowest BCUT2D eigenvalue weighted by molar-refractivity contribution is -0.118. The van der Waals surface area contributed by atoms with Crippen molar-refractivity contribution in [2.24, 2.45) is 5.73 Å². The number of hydrogen-bond donors (Lipinski definition) is 2. The van der Waals surface area contributed by atoms with Crippen LogP contribution >= 0.6 is 0 Å². The minimum Gasteiger partial charge on any atom is -0.380 e. The van der Waals surface area contributed by atoms with Crippen LogP contribution < -0.4 is 16.0 Å². The highest BCUT2D eigenvalue weighted by molar-refractivity contribution is 5.91. The van der Waals surface area contributed by atoms with Crippen molar-refractivity contribution < 1.29 is 9.53 Å². The molecule has 1 aromatic rings. The van der Waals surface area contributed by atoms with E-state index in [1.165, 1.54) is 18.5 Å². The van der Waals surface area contributed by atoms with E-state index in [-0.39, 0.29) is 18.4 Å².